The van der Waals surface area contributed by atoms with E-state index in [1.54, 1.807) is 19.9 Å². The van der Waals surface area contributed by atoms with Gasteiger partial charge in [0, 0.05) is 6.04 Å². The molecule has 3 rings (SSSR count). The molecule has 2 aliphatic carbocycles. The Kier molecular flexibility index (Phi) is 4.43. The predicted octanol–water partition coefficient (Wildman–Crippen LogP) is 1.95. The highest BCUT2D eigenvalue weighted by molar-refractivity contribution is 5.93. The quantitative estimate of drug-likeness (QED) is 0.682. The molecule has 0 saturated heterocycles. The van der Waals surface area contributed by atoms with Gasteiger partial charge < -0.3 is 20.5 Å². The molecule has 0 radical (unpaired) electrons. The Morgan fingerprint density at radius 1 is 1.35 bits per heavy atom. The van der Waals surface area contributed by atoms with Gasteiger partial charge in [0.1, 0.15) is 5.69 Å². The zero-order valence-electron chi connectivity index (χ0n) is 13.8. The second kappa shape index (κ2) is 6.35. The number of nitrogens with one attached hydrogen (secondary N) is 2. The fraction of sp³-hybridized carbons (Fsp3) is 0.647. The van der Waals surface area contributed by atoms with Crippen LogP contribution in [0.2, 0.25) is 0 Å². The highest BCUT2D eigenvalue weighted by Gasteiger charge is 2.26. The third kappa shape index (κ3) is 4.58. The van der Waals surface area contributed by atoms with Crippen molar-refractivity contribution in [1.29, 1.82) is 0 Å². The number of nitrogens with zero attached hydrogens (tertiary/aromatic N) is 1. The summed E-state index contributed by atoms with van der Waals surface area (Å²) in [6.45, 7) is 4.04. The fourth-order valence-corrected chi connectivity index (χ4v) is 2.13. The molecule has 0 atom stereocenters. The number of rotatable bonds is 8. The second-order valence-corrected chi connectivity index (χ2v) is 7.22. The van der Waals surface area contributed by atoms with Crippen LogP contribution in [0.1, 0.15) is 50.0 Å². The van der Waals surface area contributed by atoms with E-state index in [0.717, 1.165) is 18.5 Å². The minimum absolute atomic E-state index is 0.134. The van der Waals surface area contributed by atoms with E-state index in [1.807, 2.05) is 6.07 Å². The number of amides is 1. The Morgan fingerprint density at radius 3 is 2.70 bits per heavy atom. The average Bonchev–Trinajstić information content (AvgIpc) is 3.40. The first-order valence-electron chi connectivity index (χ1n) is 8.30. The zero-order valence-corrected chi connectivity index (χ0v) is 13.8. The highest BCUT2D eigenvalue weighted by atomic mass is 16.5. The van der Waals surface area contributed by atoms with Crippen LogP contribution >= 0.6 is 0 Å². The smallest absolute Gasteiger partial charge is 0.270 e. The summed E-state index contributed by atoms with van der Waals surface area (Å²) >= 11 is 0. The molecular weight excluding hydrogens is 294 g/mol. The maximum atomic E-state index is 12.3. The molecule has 2 aliphatic rings. The number of ether oxygens (including phenoxy) is 1. The molecule has 1 aromatic heterocycles. The van der Waals surface area contributed by atoms with Gasteiger partial charge in [0.2, 0.25) is 5.88 Å². The lowest BCUT2D eigenvalue weighted by Gasteiger charge is -2.23. The van der Waals surface area contributed by atoms with E-state index in [9.17, 15) is 9.90 Å². The van der Waals surface area contributed by atoms with E-state index in [4.69, 9.17) is 4.74 Å². The van der Waals surface area contributed by atoms with Crippen molar-refractivity contribution in [3.05, 3.63) is 17.8 Å². The van der Waals surface area contributed by atoms with Crippen LogP contribution in [0.15, 0.2) is 12.1 Å². The van der Waals surface area contributed by atoms with Gasteiger partial charge >= 0.3 is 0 Å². The number of aliphatic hydroxyl groups excluding tert-OH is 1. The van der Waals surface area contributed by atoms with Crippen molar-refractivity contribution in [1.82, 2.24) is 10.3 Å². The largest absolute Gasteiger partial charge is 0.476 e. The first-order chi connectivity index (χ1) is 11.0. The molecule has 1 amide bonds. The van der Waals surface area contributed by atoms with Crippen LogP contribution in [0.25, 0.3) is 0 Å². The van der Waals surface area contributed by atoms with E-state index in [1.165, 1.54) is 12.8 Å². The number of carbonyl (C=O) groups is 1. The zero-order chi connectivity index (χ0) is 16.4. The van der Waals surface area contributed by atoms with Gasteiger partial charge in [-0.05, 0) is 57.6 Å². The third-order valence-corrected chi connectivity index (χ3v) is 4.03. The summed E-state index contributed by atoms with van der Waals surface area (Å²) < 4.78 is 5.83. The molecule has 0 aliphatic heterocycles. The van der Waals surface area contributed by atoms with Crippen LogP contribution in [0.3, 0.4) is 0 Å². The summed E-state index contributed by atoms with van der Waals surface area (Å²) in [5.74, 6) is 0.813. The molecule has 2 fully saturated rings. The molecule has 0 spiro atoms. The van der Waals surface area contributed by atoms with Crippen LogP contribution in [0.4, 0.5) is 5.69 Å². The van der Waals surface area contributed by atoms with Gasteiger partial charge in [-0.3, -0.25) is 4.79 Å². The number of carbonyl (C=O) groups excluding carboxylic acids is 1. The number of pyridine rings is 1. The molecule has 3 N–H and O–H groups in total. The molecule has 6 heteroatoms. The topological polar surface area (TPSA) is 83.5 Å². The fourth-order valence-electron chi connectivity index (χ4n) is 2.13. The summed E-state index contributed by atoms with van der Waals surface area (Å²) in [5, 5.41) is 15.4. The number of aromatic nitrogens is 1. The Morgan fingerprint density at radius 2 is 2.09 bits per heavy atom. The number of anilines is 1. The van der Waals surface area contributed by atoms with Crippen molar-refractivity contribution >= 4 is 11.6 Å². The molecule has 0 bridgehead atoms. The Hall–Kier alpha value is -1.82. The number of aliphatic hydroxyl groups is 1. The molecule has 1 heterocycles. The summed E-state index contributed by atoms with van der Waals surface area (Å²) in [5.41, 5.74) is 0.475. The maximum absolute atomic E-state index is 12.3. The van der Waals surface area contributed by atoms with Gasteiger partial charge in [0.15, 0.2) is 0 Å². The molecule has 0 unspecified atom stereocenters. The molecule has 2 saturated carbocycles. The van der Waals surface area contributed by atoms with E-state index in [2.05, 4.69) is 15.6 Å². The van der Waals surface area contributed by atoms with Gasteiger partial charge in [-0.15, -0.1) is 0 Å². The minimum atomic E-state index is -0.682. The van der Waals surface area contributed by atoms with Crippen molar-refractivity contribution in [2.45, 2.75) is 51.1 Å². The third-order valence-electron chi connectivity index (χ3n) is 4.03. The van der Waals surface area contributed by atoms with Crippen molar-refractivity contribution in [2.24, 2.45) is 5.92 Å². The van der Waals surface area contributed by atoms with Crippen LogP contribution in [0, 0.1) is 5.92 Å². The van der Waals surface area contributed by atoms with E-state index in [0.29, 0.717) is 30.1 Å². The van der Waals surface area contributed by atoms with Gasteiger partial charge in [-0.1, -0.05) is 0 Å². The van der Waals surface area contributed by atoms with Gasteiger partial charge in [-0.25, -0.2) is 4.98 Å². The van der Waals surface area contributed by atoms with Crippen LogP contribution in [0.5, 0.6) is 5.88 Å². The first-order valence-corrected chi connectivity index (χ1v) is 8.30. The van der Waals surface area contributed by atoms with Crippen molar-refractivity contribution < 1.29 is 14.6 Å². The standard InChI is InChI=1S/C17H25N3O3/c1-17(2,10-21)20-15(22)13-7-8-14(18-12-5-6-12)16(19-13)23-9-11-3-4-11/h7-8,11-12,18,21H,3-6,9-10H2,1-2H3,(H,20,22). The van der Waals surface area contributed by atoms with Crippen LogP contribution in [-0.4, -0.2) is 40.8 Å². The van der Waals surface area contributed by atoms with Crippen molar-refractivity contribution in [3.63, 3.8) is 0 Å². The van der Waals surface area contributed by atoms with E-state index >= 15 is 0 Å². The lowest BCUT2D eigenvalue weighted by atomic mass is 10.1. The van der Waals surface area contributed by atoms with E-state index in [-0.39, 0.29) is 12.5 Å². The number of hydrogen-bond acceptors (Lipinski definition) is 5. The SMILES string of the molecule is CC(C)(CO)NC(=O)c1ccc(NC2CC2)c(OCC2CC2)n1. The Labute approximate surface area is 136 Å². The predicted molar refractivity (Wildman–Crippen MR) is 87.7 cm³/mol. The first kappa shape index (κ1) is 16.1. The van der Waals surface area contributed by atoms with Crippen molar-refractivity contribution in [2.75, 3.05) is 18.5 Å². The van der Waals surface area contributed by atoms with Crippen LogP contribution in [-0.2, 0) is 0 Å². The lowest BCUT2D eigenvalue weighted by molar-refractivity contribution is 0.0863. The molecule has 6 nitrogen and oxygen atoms in total. The molecule has 1 aromatic rings. The monoisotopic (exact) mass is 319 g/mol. The molecule has 126 valence electrons. The summed E-state index contributed by atoms with van der Waals surface area (Å²) in [6, 6.07) is 4.04. The minimum Gasteiger partial charge on any atom is -0.476 e. The molecule has 0 aromatic carbocycles. The Balaban J connectivity index is 1.74. The van der Waals surface area contributed by atoms with E-state index < -0.39 is 5.54 Å². The average molecular weight is 319 g/mol. The maximum Gasteiger partial charge on any atom is 0.270 e. The normalized spacial score (nSPS) is 17.7. The number of hydrogen-bond donors (Lipinski definition) is 3. The van der Waals surface area contributed by atoms with Gasteiger partial charge in [0.05, 0.1) is 24.4 Å². The molecular formula is C17H25N3O3. The highest BCUT2D eigenvalue weighted by Crippen LogP contribution is 2.33. The summed E-state index contributed by atoms with van der Waals surface area (Å²) in [4.78, 5) is 16.7. The van der Waals surface area contributed by atoms with Crippen LogP contribution < -0.4 is 15.4 Å². The van der Waals surface area contributed by atoms with Gasteiger partial charge in [0.25, 0.3) is 5.91 Å². The van der Waals surface area contributed by atoms with Gasteiger partial charge in [-0.2, -0.15) is 0 Å². The molecule has 23 heavy (non-hydrogen) atoms. The summed E-state index contributed by atoms with van der Waals surface area (Å²) in [7, 11) is 0. The second-order valence-electron chi connectivity index (χ2n) is 7.22. The Bertz CT molecular complexity index is 580. The summed E-state index contributed by atoms with van der Waals surface area (Å²) in [6.07, 6.45) is 4.73. The van der Waals surface area contributed by atoms with Crippen molar-refractivity contribution in [3.8, 4) is 5.88 Å². The lowest BCUT2D eigenvalue weighted by Crippen LogP contribution is -2.46.